The van der Waals surface area contributed by atoms with Gasteiger partial charge in [-0.25, -0.2) is 0 Å². The lowest BCUT2D eigenvalue weighted by Gasteiger charge is -2.28. The van der Waals surface area contributed by atoms with Crippen molar-refractivity contribution in [3.63, 3.8) is 0 Å². The van der Waals surface area contributed by atoms with Gasteiger partial charge in [0.05, 0.1) is 12.7 Å². The van der Waals surface area contributed by atoms with Gasteiger partial charge in [-0.15, -0.1) is 0 Å². The van der Waals surface area contributed by atoms with Crippen LogP contribution in [0.4, 0.5) is 0 Å². The van der Waals surface area contributed by atoms with Gasteiger partial charge >= 0.3 is 0 Å². The van der Waals surface area contributed by atoms with Gasteiger partial charge in [-0.3, -0.25) is 0 Å². The predicted molar refractivity (Wildman–Crippen MR) is 84.8 cm³/mol. The van der Waals surface area contributed by atoms with Crippen LogP contribution in [0.5, 0.6) is 0 Å². The van der Waals surface area contributed by atoms with E-state index in [1.54, 1.807) is 27.7 Å². The average Bonchev–Trinajstić information content (AvgIpc) is 2.97. The number of ether oxygens (including phenoxy) is 4. The maximum atomic E-state index is 10.7. The molecule has 2 aliphatic heterocycles. The molecule has 2 N–H and O–H groups in total. The van der Waals surface area contributed by atoms with Crippen LogP contribution in [0.15, 0.2) is 12.2 Å². The Morgan fingerprint density at radius 2 is 1.65 bits per heavy atom. The summed E-state index contributed by atoms with van der Waals surface area (Å²) in [6.07, 6.45) is 1.79. The smallest absolute Gasteiger partial charge is 0.164 e. The van der Waals surface area contributed by atoms with Crippen LogP contribution in [-0.2, 0) is 18.9 Å². The zero-order chi connectivity index (χ0) is 17.3. The highest BCUT2D eigenvalue weighted by Gasteiger charge is 2.51. The van der Waals surface area contributed by atoms with Crippen molar-refractivity contribution in [3.05, 3.63) is 12.2 Å². The molecule has 2 fully saturated rings. The highest BCUT2D eigenvalue weighted by molar-refractivity contribution is 4.97. The minimum Gasteiger partial charge on any atom is -0.390 e. The van der Waals surface area contributed by atoms with Crippen LogP contribution in [0.2, 0.25) is 0 Å². The van der Waals surface area contributed by atoms with Gasteiger partial charge in [0.2, 0.25) is 0 Å². The van der Waals surface area contributed by atoms with Crippen LogP contribution < -0.4 is 0 Å². The summed E-state index contributed by atoms with van der Waals surface area (Å²) < 4.78 is 22.9. The molecule has 6 nitrogen and oxygen atoms in total. The first-order valence-electron chi connectivity index (χ1n) is 8.34. The van der Waals surface area contributed by atoms with Gasteiger partial charge < -0.3 is 29.2 Å². The maximum absolute atomic E-state index is 10.7. The van der Waals surface area contributed by atoms with E-state index < -0.39 is 42.1 Å². The minimum absolute atomic E-state index is 0.285. The van der Waals surface area contributed by atoms with Gasteiger partial charge in [-0.1, -0.05) is 19.1 Å². The molecule has 0 aromatic carbocycles. The van der Waals surface area contributed by atoms with E-state index in [1.807, 2.05) is 19.1 Å². The van der Waals surface area contributed by atoms with Gasteiger partial charge in [0.15, 0.2) is 11.6 Å². The van der Waals surface area contributed by atoms with Gasteiger partial charge in [0.25, 0.3) is 0 Å². The molecule has 0 unspecified atom stereocenters. The third kappa shape index (κ3) is 4.75. The lowest BCUT2D eigenvalue weighted by atomic mass is 9.97. The molecule has 2 saturated heterocycles. The van der Waals surface area contributed by atoms with Gasteiger partial charge in [0, 0.05) is 0 Å². The Morgan fingerprint density at radius 1 is 1.00 bits per heavy atom. The van der Waals surface area contributed by atoms with E-state index in [2.05, 4.69) is 0 Å². The maximum Gasteiger partial charge on any atom is 0.164 e. The van der Waals surface area contributed by atoms with E-state index in [0.717, 1.165) is 6.42 Å². The average molecular weight is 330 g/mol. The van der Waals surface area contributed by atoms with Crippen LogP contribution in [0.25, 0.3) is 0 Å². The fourth-order valence-corrected chi connectivity index (χ4v) is 3.01. The molecule has 6 heteroatoms. The fourth-order valence-electron chi connectivity index (χ4n) is 3.01. The molecular formula is C17H30O6. The molecule has 0 aliphatic carbocycles. The molecule has 5 atom stereocenters. The van der Waals surface area contributed by atoms with Crippen molar-refractivity contribution in [3.8, 4) is 0 Å². The summed E-state index contributed by atoms with van der Waals surface area (Å²) in [6, 6.07) is 0. The van der Waals surface area contributed by atoms with E-state index in [-0.39, 0.29) is 6.61 Å². The Hall–Kier alpha value is -0.500. The second kappa shape index (κ2) is 7.17. The van der Waals surface area contributed by atoms with Gasteiger partial charge in [-0.2, -0.15) is 0 Å². The molecule has 134 valence electrons. The summed E-state index contributed by atoms with van der Waals surface area (Å²) >= 11 is 0. The summed E-state index contributed by atoms with van der Waals surface area (Å²) in [5.74, 6) is -1.58. The lowest BCUT2D eigenvalue weighted by molar-refractivity contribution is -0.179. The molecule has 2 heterocycles. The summed E-state index contributed by atoms with van der Waals surface area (Å²) in [6.45, 7) is 9.48. The Labute approximate surface area is 138 Å². The summed E-state index contributed by atoms with van der Waals surface area (Å²) in [7, 11) is 0. The molecule has 2 aliphatic rings. The molecule has 0 saturated carbocycles. The first kappa shape index (κ1) is 18.8. The zero-order valence-corrected chi connectivity index (χ0v) is 14.7. The molecule has 0 spiro atoms. The van der Waals surface area contributed by atoms with Crippen LogP contribution >= 0.6 is 0 Å². The Bertz CT molecular complexity index is 419. The monoisotopic (exact) mass is 330 g/mol. The molecule has 0 aromatic rings. The summed E-state index contributed by atoms with van der Waals surface area (Å²) in [5, 5.41) is 21.1. The third-order valence-electron chi connectivity index (χ3n) is 4.07. The largest absolute Gasteiger partial charge is 0.390 e. The number of aliphatic hydroxyl groups excluding tert-OH is 2. The second-order valence-electron chi connectivity index (χ2n) is 7.11. The van der Waals surface area contributed by atoms with Crippen molar-refractivity contribution in [2.24, 2.45) is 0 Å². The topological polar surface area (TPSA) is 77.4 Å². The van der Waals surface area contributed by atoms with Crippen molar-refractivity contribution in [2.75, 3.05) is 6.61 Å². The SMILES string of the molecule is CC/C=C\C[C@@H](O)[C@H]1OC(C)(C)O[C@H]1[C@H](O)[C@H]1COC(C)(C)O1. The second-order valence-corrected chi connectivity index (χ2v) is 7.11. The van der Waals surface area contributed by atoms with Gasteiger partial charge in [-0.05, 0) is 40.5 Å². The van der Waals surface area contributed by atoms with Crippen LogP contribution in [-0.4, -0.2) is 58.9 Å². The Morgan fingerprint density at radius 3 is 2.22 bits per heavy atom. The van der Waals surface area contributed by atoms with E-state index in [4.69, 9.17) is 18.9 Å². The normalized spacial score (nSPS) is 35.7. The molecule has 23 heavy (non-hydrogen) atoms. The van der Waals surface area contributed by atoms with E-state index in [1.165, 1.54) is 0 Å². The van der Waals surface area contributed by atoms with Crippen molar-refractivity contribution in [2.45, 2.75) is 89.6 Å². The first-order chi connectivity index (χ1) is 10.7. The number of rotatable bonds is 6. The molecule has 0 amide bonds. The van der Waals surface area contributed by atoms with E-state index in [9.17, 15) is 10.2 Å². The standard InChI is InChI=1S/C17H30O6/c1-6-7-8-9-11(18)14-15(23-17(4,5)22-14)13(19)12-10-20-16(2,3)21-12/h7-8,11-15,18-19H,6,9-10H2,1-5H3/b8-7-/t11-,12-,13-,14-,15+/m1/s1. The minimum atomic E-state index is -0.937. The molecular weight excluding hydrogens is 300 g/mol. The highest BCUT2D eigenvalue weighted by Crippen LogP contribution is 2.36. The van der Waals surface area contributed by atoms with Crippen LogP contribution in [0, 0.1) is 0 Å². The Balaban J connectivity index is 2.06. The van der Waals surface area contributed by atoms with E-state index >= 15 is 0 Å². The molecule has 0 bridgehead atoms. The van der Waals surface area contributed by atoms with Crippen molar-refractivity contribution < 1.29 is 29.2 Å². The number of allylic oxidation sites excluding steroid dienone is 1. The van der Waals surface area contributed by atoms with Crippen molar-refractivity contribution in [1.82, 2.24) is 0 Å². The summed E-state index contributed by atoms with van der Waals surface area (Å²) in [4.78, 5) is 0. The number of aliphatic hydroxyl groups is 2. The molecule has 0 radical (unpaired) electrons. The van der Waals surface area contributed by atoms with Crippen molar-refractivity contribution >= 4 is 0 Å². The lowest BCUT2D eigenvalue weighted by Crippen LogP contribution is -2.48. The van der Waals surface area contributed by atoms with Crippen molar-refractivity contribution in [1.29, 1.82) is 0 Å². The molecule has 2 rings (SSSR count). The fraction of sp³-hybridized carbons (Fsp3) is 0.882. The van der Waals surface area contributed by atoms with Gasteiger partial charge in [0.1, 0.15) is 24.4 Å². The molecule has 0 aromatic heterocycles. The third-order valence-corrected chi connectivity index (χ3v) is 4.07. The van der Waals surface area contributed by atoms with Crippen LogP contribution in [0.1, 0.15) is 47.5 Å². The summed E-state index contributed by atoms with van der Waals surface area (Å²) in [5.41, 5.74) is 0. The number of hydrogen-bond acceptors (Lipinski definition) is 6. The predicted octanol–water partition coefficient (Wildman–Crippen LogP) is 1.74. The zero-order valence-electron chi connectivity index (χ0n) is 14.7. The number of hydrogen-bond donors (Lipinski definition) is 2. The van der Waals surface area contributed by atoms with Crippen LogP contribution in [0.3, 0.4) is 0 Å². The quantitative estimate of drug-likeness (QED) is 0.722. The highest BCUT2D eigenvalue weighted by atomic mass is 16.8. The Kier molecular flexibility index (Phi) is 5.87. The first-order valence-corrected chi connectivity index (χ1v) is 8.34. The van der Waals surface area contributed by atoms with E-state index in [0.29, 0.717) is 6.42 Å².